The fourth-order valence-electron chi connectivity index (χ4n) is 7.69. The van der Waals surface area contributed by atoms with E-state index >= 15 is 0 Å². The van der Waals surface area contributed by atoms with E-state index in [1.807, 2.05) is 54.6 Å². The molecule has 0 saturated heterocycles. The third kappa shape index (κ3) is 4.46. The van der Waals surface area contributed by atoms with Crippen molar-refractivity contribution in [2.45, 2.75) is 0 Å². The second kappa shape index (κ2) is 11.2. The lowest BCUT2D eigenvalue weighted by Gasteiger charge is -2.10. The summed E-state index contributed by atoms with van der Waals surface area (Å²) in [7, 11) is 0. The number of hydrogen-bond acceptors (Lipinski definition) is 5. The van der Waals surface area contributed by atoms with Crippen LogP contribution in [0.15, 0.2) is 173 Å². The Kier molecular flexibility index (Phi) is 6.18. The van der Waals surface area contributed by atoms with Gasteiger partial charge < -0.3 is 8.83 Å². The van der Waals surface area contributed by atoms with Crippen molar-refractivity contribution >= 4 is 65.4 Å². The number of benzene rings is 8. The highest BCUT2D eigenvalue weighted by atomic mass is 16.3. The van der Waals surface area contributed by atoms with Crippen LogP contribution in [0.1, 0.15) is 0 Å². The predicted molar refractivity (Wildman–Crippen MR) is 211 cm³/mol. The molecule has 52 heavy (non-hydrogen) atoms. The second-order valence-corrected chi connectivity index (χ2v) is 13.2. The van der Waals surface area contributed by atoms with Gasteiger partial charge in [-0.15, -0.1) is 0 Å². The van der Waals surface area contributed by atoms with Crippen molar-refractivity contribution in [3.05, 3.63) is 164 Å². The molecular weight excluding hydrogens is 639 g/mol. The minimum absolute atomic E-state index is 0.593. The van der Waals surface area contributed by atoms with Crippen LogP contribution in [-0.2, 0) is 0 Å². The molecular formula is C47H27N3O2. The first-order valence-electron chi connectivity index (χ1n) is 17.3. The summed E-state index contributed by atoms with van der Waals surface area (Å²) in [5.41, 5.74) is 8.25. The topological polar surface area (TPSA) is 65.0 Å². The summed E-state index contributed by atoms with van der Waals surface area (Å²) in [6.45, 7) is 0. The Balaban J connectivity index is 1.13. The number of furan rings is 2. The van der Waals surface area contributed by atoms with Gasteiger partial charge in [0.25, 0.3) is 0 Å². The predicted octanol–water partition coefficient (Wildman–Crippen LogP) is 12.6. The van der Waals surface area contributed by atoms with Gasteiger partial charge in [-0.1, -0.05) is 127 Å². The normalized spacial score (nSPS) is 11.8. The molecule has 0 unspecified atom stereocenters. The highest BCUT2D eigenvalue weighted by Gasteiger charge is 2.21. The van der Waals surface area contributed by atoms with Crippen LogP contribution in [0.2, 0.25) is 0 Å². The molecule has 5 heteroatoms. The molecule has 3 heterocycles. The number of rotatable bonds is 4. The molecule has 0 bridgehead atoms. The first-order valence-corrected chi connectivity index (χ1v) is 17.3. The number of aromatic nitrogens is 3. The molecule has 0 aliphatic rings. The average molecular weight is 666 g/mol. The minimum Gasteiger partial charge on any atom is -0.456 e. The molecule has 0 saturated carbocycles. The third-order valence-corrected chi connectivity index (χ3v) is 10.1. The van der Waals surface area contributed by atoms with Gasteiger partial charge in [-0.25, -0.2) is 15.0 Å². The second-order valence-electron chi connectivity index (χ2n) is 13.2. The van der Waals surface area contributed by atoms with E-state index in [-0.39, 0.29) is 0 Å². The van der Waals surface area contributed by atoms with Crippen LogP contribution >= 0.6 is 0 Å². The van der Waals surface area contributed by atoms with Gasteiger partial charge in [0.2, 0.25) is 0 Å². The monoisotopic (exact) mass is 665 g/mol. The number of hydrogen-bond donors (Lipinski definition) is 0. The van der Waals surface area contributed by atoms with Gasteiger partial charge in [-0.3, -0.25) is 0 Å². The molecule has 11 rings (SSSR count). The number of nitrogens with zero attached hydrogens (tertiary/aromatic N) is 3. The maximum atomic E-state index is 6.65. The summed E-state index contributed by atoms with van der Waals surface area (Å²) >= 11 is 0. The molecule has 0 aliphatic carbocycles. The van der Waals surface area contributed by atoms with Gasteiger partial charge in [0, 0.05) is 43.8 Å². The molecule has 5 nitrogen and oxygen atoms in total. The van der Waals surface area contributed by atoms with Crippen molar-refractivity contribution in [2.75, 3.05) is 0 Å². The van der Waals surface area contributed by atoms with Crippen LogP contribution < -0.4 is 0 Å². The van der Waals surface area contributed by atoms with Gasteiger partial charge in [-0.05, 0) is 63.5 Å². The Bertz CT molecular complexity index is 3190. The molecule has 0 radical (unpaired) electrons. The van der Waals surface area contributed by atoms with Crippen LogP contribution in [0.3, 0.4) is 0 Å². The van der Waals surface area contributed by atoms with Gasteiger partial charge >= 0.3 is 0 Å². The molecule has 0 amide bonds. The van der Waals surface area contributed by atoms with E-state index in [1.165, 1.54) is 5.39 Å². The maximum Gasteiger partial charge on any atom is 0.164 e. The SMILES string of the molecule is c1ccc(-c2nc(-c3ccc4ccccc4c3)nc(-c3cccc4oc5cc(-c6c7ccccc7cc7oc8ccccc8c67)ccc5c34)n2)cc1. The third-order valence-electron chi connectivity index (χ3n) is 10.1. The van der Waals surface area contributed by atoms with Crippen LogP contribution in [0.25, 0.3) is 111 Å². The first kappa shape index (κ1) is 28.7. The van der Waals surface area contributed by atoms with Gasteiger partial charge in [-0.2, -0.15) is 0 Å². The Hall–Kier alpha value is -7.11. The summed E-state index contributed by atoms with van der Waals surface area (Å²) in [5.74, 6) is 1.83. The maximum absolute atomic E-state index is 6.65. The molecule has 0 fully saturated rings. The van der Waals surface area contributed by atoms with Crippen molar-refractivity contribution in [1.82, 2.24) is 15.0 Å². The standard InChI is InChI=1S/C47H27N3O2/c1-2-12-29(13-3-1)45-48-46(33-22-21-28-11-4-5-14-30(28)25-33)50-47(49-45)37-18-10-20-39-43(37)36-24-23-32(27-40(36)52-39)42-34-16-7-6-15-31(34)26-41-44(42)35-17-8-9-19-38(35)51-41/h1-27H. The van der Waals surface area contributed by atoms with E-state index in [4.69, 9.17) is 23.8 Å². The van der Waals surface area contributed by atoms with Crippen molar-refractivity contribution in [3.8, 4) is 45.3 Å². The summed E-state index contributed by atoms with van der Waals surface area (Å²) in [6.07, 6.45) is 0. The van der Waals surface area contributed by atoms with Crippen molar-refractivity contribution in [1.29, 1.82) is 0 Å². The smallest absolute Gasteiger partial charge is 0.164 e. The molecule has 11 aromatic rings. The van der Waals surface area contributed by atoms with E-state index in [0.29, 0.717) is 17.5 Å². The van der Waals surface area contributed by atoms with E-state index in [0.717, 1.165) is 87.9 Å². The lowest BCUT2D eigenvalue weighted by atomic mass is 9.92. The van der Waals surface area contributed by atoms with Crippen LogP contribution in [0.4, 0.5) is 0 Å². The van der Waals surface area contributed by atoms with E-state index in [9.17, 15) is 0 Å². The van der Waals surface area contributed by atoms with Crippen molar-refractivity contribution in [3.63, 3.8) is 0 Å². The summed E-state index contributed by atoms with van der Waals surface area (Å²) in [4.78, 5) is 15.2. The summed E-state index contributed by atoms with van der Waals surface area (Å²) < 4.78 is 13.0. The van der Waals surface area contributed by atoms with Gasteiger partial charge in [0.1, 0.15) is 22.3 Å². The zero-order chi connectivity index (χ0) is 34.2. The average Bonchev–Trinajstić information content (AvgIpc) is 3.77. The number of para-hydroxylation sites is 1. The number of fused-ring (bicyclic) bond motifs is 8. The fraction of sp³-hybridized carbons (Fsp3) is 0. The Labute approximate surface area is 297 Å². The largest absolute Gasteiger partial charge is 0.456 e. The molecule has 0 N–H and O–H groups in total. The summed E-state index contributed by atoms with van der Waals surface area (Å²) in [6, 6.07) is 56.3. The first-order chi connectivity index (χ1) is 25.7. The van der Waals surface area contributed by atoms with Gasteiger partial charge in [0.15, 0.2) is 17.5 Å². The Morgan fingerprint density at radius 2 is 0.981 bits per heavy atom. The molecule has 242 valence electrons. The zero-order valence-corrected chi connectivity index (χ0v) is 27.7. The quantitative estimate of drug-likeness (QED) is 0.187. The van der Waals surface area contributed by atoms with E-state index in [1.54, 1.807) is 0 Å². The van der Waals surface area contributed by atoms with Crippen molar-refractivity contribution in [2.24, 2.45) is 0 Å². The molecule has 0 aliphatic heterocycles. The van der Waals surface area contributed by atoms with Crippen molar-refractivity contribution < 1.29 is 8.83 Å². The Morgan fingerprint density at radius 1 is 0.327 bits per heavy atom. The highest BCUT2D eigenvalue weighted by molar-refractivity contribution is 6.21. The van der Waals surface area contributed by atoms with Crippen LogP contribution in [0.5, 0.6) is 0 Å². The zero-order valence-electron chi connectivity index (χ0n) is 27.7. The summed E-state index contributed by atoms with van der Waals surface area (Å²) in [5, 5.41) is 8.76. The van der Waals surface area contributed by atoms with Crippen LogP contribution in [-0.4, -0.2) is 15.0 Å². The van der Waals surface area contributed by atoms with Crippen LogP contribution in [0, 0.1) is 0 Å². The lowest BCUT2D eigenvalue weighted by Crippen LogP contribution is -2.00. The molecule has 0 spiro atoms. The Morgan fingerprint density at radius 3 is 1.87 bits per heavy atom. The minimum atomic E-state index is 0.593. The van der Waals surface area contributed by atoms with E-state index < -0.39 is 0 Å². The lowest BCUT2D eigenvalue weighted by molar-refractivity contribution is 0.668. The highest BCUT2D eigenvalue weighted by Crippen LogP contribution is 2.44. The van der Waals surface area contributed by atoms with Gasteiger partial charge in [0.05, 0.1) is 0 Å². The van der Waals surface area contributed by atoms with E-state index in [2.05, 4.69) is 109 Å². The molecule has 0 atom stereocenters. The molecule has 8 aromatic carbocycles. The molecule has 3 aromatic heterocycles. The fourth-order valence-corrected chi connectivity index (χ4v) is 7.69.